The first-order chi connectivity index (χ1) is 11.1. The first kappa shape index (κ1) is 15.2. The van der Waals surface area contributed by atoms with Crippen molar-refractivity contribution in [2.24, 2.45) is 0 Å². The van der Waals surface area contributed by atoms with Crippen LogP contribution in [0.2, 0.25) is 0 Å². The fourth-order valence-electron chi connectivity index (χ4n) is 2.52. The molecule has 1 aromatic carbocycles. The second-order valence-corrected chi connectivity index (χ2v) is 5.33. The molecule has 4 N–H and O–H groups in total. The Balaban J connectivity index is 1.92. The van der Waals surface area contributed by atoms with E-state index in [2.05, 4.69) is 15.3 Å². The lowest BCUT2D eigenvalue weighted by Crippen LogP contribution is -2.41. The van der Waals surface area contributed by atoms with Crippen LogP contribution in [0.5, 0.6) is 5.75 Å². The summed E-state index contributed by atoms with van der Waals surface area (Å²) in [5.41, 5.74) is 0.209. The molecule has 0 aliphatic carbocycles. The van der Waals surface area contributed by atoms with Crippen LogP contribution in [-0.2, 0) is 0 Å². The van der Waals surface area contributed by atoms with Gasteiger partial charge in [0.05, 0.1) is 0 Å². The molecule has 0 bridgehead atoms. The molecule has 23 heavy (non-hydrogen) atoms. The highest BCUT2D eigenvalue weighted by atomic mass is 16.5. The number of ether oxygens (including phenoxy) is 1. The summed E-state index contributed by atoms with van der Waals surface area (Å²) in [5.74, 6) is 1.01. The number of aromatic nitrogens is 2. The van der Waals surface area contributed by atoms with E-state index in [1.165, 1.54) is 0 Å². The molecule has 122 valence electrons. The summed E-state index contributed by atoms with van der Waals surface area (Å²) in [6, 6.07) is 7.52. The number of rotatable bonds is 5. The number of aryl methyl sites for hydroxylation is 1. The van der Waals surface area contributed by atoms with Crippen molar-refractivity contribution in [2.75, 3.05) is 23.4 Å². The third-order valence-electron chi connectivity index (χ3n) is 3.56. The van der Waals surface area contributed by atoms with Gasteiger partial charge in [0.25, 0.3) is 11.9 Å². The predicted molar refractivity (Wildman–Crippen MR) is 85.9 cm³/mol. The highest BCUT2D eigenvalue weighted by Crippen LogP contribution is 2.29. The van der Waals surface area contributed by atoms with Crippen LogP contribution in [0.15, 0.2) is 33.9 Å². The van der Waals surface area contributed by atoms with Gasteiger partial charge in [-0.1, -0.05) is 12.1 Å². The molecule has 0 radical (unpaired) electrons. The van der Waals surface area contributed by atoms with Crippen molar-refractivity contribution in [3.8, 4) is 5.75 Å². The maximum Gasteiger partial charge on any atom is 0.327 e. The third-order valence-corrected chi connectivity index (χ3v) is 3.56. The first-order valence-corrected chi connectivity index (χ1v) is 7.32. The summed E-state index contributed by atoms with van der Waals surface area (Å²) in [4.78, 5) is 30.0. The van der Waals surface area contributed by atoms with E-state index in [0.29, 0.717) is 24.5 Å². The van der Waals surface area contributed by atoms with Gasteiger partial charge in [-0.2, -0.15) is 0 Å². The lowest BCUT2D eigenvalue weighted by Gasteiger charge is -2.26. The zero-order valence-corrected chi connectivity index (χ0v) is 12.6. The third kappa shape index (κ3) is 3.07. The van der Waals surface area contributed by atoms with Gasteiger partial charge in [-0.15, -0.1) is 0 Å². The first-order valence-electron chi connectivity index (χ1n) is 7.32. The Morgan fingerprint density at radius 1 is 1.30 bits per heavy atom. The number of anilines is 2. The van der Waals surface area contributed by atoms with E-state index in [4.69, 9.17) is 9.84 Å². The number of aliphatic hydroxyl groups is 1. The average Bonchev–Trinajstić information content (AvgIpc) is 2.83. The molecule has 1 atom stereocenters. The van der Waals surface area contributed by atoms with E-state index in [0.717, 1.165) is 5.56 Å². The lowest BCUT2D eigenvalue weighted by molar-refractivity contribution is 0.221. The van der Waals surface area contributed by atoms with Crippen LogP contribution in [0.25, 0.3) is 0 Å². The van der Waals surface area contributed by atoms with Gasteiger partial charge in [0.1, 0.15) is 17.3 Å². The zero-order chi connectivity index (χ0) is 16.4. The Hall–Kier alpha value is -2.74. The average molecular weight is 318 g/mol. The second kappa shape index (κ2) is 6.17. The quantitative estimate of drug-likeness (QED) is 0.633. The summed E-state index contributed by atoms with van der Waals surface area (Å²) in [7, 11) is 0. The topological polar surface area (TPSA) is 110 Å². The highest BCUT2D eigenvalue weighted by Gasteiger charge is 2.33. The van der Waals surface area contributed by atoms with E-state index in [1.54, 1.807) is 4.90 Å². The summed E-state index contributed by atoms with van der Waals surface area (Å²) in [6.45, 7) is 2.37. The van der Waals surface area contributed by atoms with Crippen molar-refractivity contribution < 1.29 is 9.84 Å². The van der Waals surface area contributed by atoms with Crippen LogP contribution in [0.4, 0.5) is 11.5 Å². The Kier molecular flexibility index (Phi) is 4.07. The SMILES string of the molecule is Cc1cccc(OC2Nc3c([nH]c(=O)[nH]c3=O)N2CCCO)c1. The van der Waals surface area contributed by atoms with Crippen LogP contribution in [0, 0.1) is 6.92 Å². The normalized spacial score (nSPS) is 16.1. The van der Waals surface area contributed by atoms with E-state index >= 15 is 0 Å². The molecule has 1 aliphatic rings. The smallest absolute Gasteiger partial charge is 0.327 e. The van der Waals surface area contributed by atoms with E-state index in [-0.39, 0.29) is 12.3 Å². The number of hydrogen-bond donors (Lipinski definition) is 4. The summed E-state index contributed by atoms with van der Waals surface area (Å²) < 4.78 is 5.90. The van der Waals surface area contributed by atoms with Crippen molar-refractivity contribution in [1.29, 1.82) is 0 Å². The molecule has 0 amide bonds. The fourth-order valence-corrected chi connectivity index (χ4v) is 2.52. The minimum absolute atomic E-state index is 0.00355. The van der Waals surface area contributed by atoms with Gasteiger partial charge in [-0.3, -0.25) is 14.8 Å². The number of nitrogens with one attached hydrogen (secondary N) is 3. The molecule has 1 aromatic heterocycles. The molecule has 1 unspecified atom stereocenters. The monoisotopic (exact) mass is 318 g/mol. The minimum Gasteiger partial charge on any atom is -0.452 e. The molecule has 2 aromatic rings. The van der Waals surface area contributed by atoms with E-state index < -0.39 is 17.6 Å². The molecule has 0 saturated carbocycles. The minimum atomic E-state index is -0.641. The largest absolute Gasteiger partial charge is 0.452 e. The molecule has 0 saturated heterocycles. The molecule has 8 heteroatoms. The van der Waals surface area contributed by atoms with Gasteiger partial charge in [-0.25, -0.2) is 4.79 Å². The van der Waals surface area contributed by atoms with Crippen LogP contribution in [0.3, 0.4) is 0 Å². The highest BCUT2D eigenvalue weighted by molar-refractivity contribution is 5.70. The summed E-state index contributed by atoms with van der Waals surface area (Å²) in [5, 5.41) is 12.0. The van der Waals surface area contributed by atoms with Gasteiger partial charge in [-0.05, 0) is 31.0 Å². The molecule has 8 nitrogen and oxygen atoms in total. The van der Waals surface area contributed by atoms with Crippen molar-refractivity contribution in [3.05, 3.63) is 50.7 Å². The van der Waals surface area contributed by atoms with Crippen LogP contribution >= 0.6 is 0 Å². The number of nitrogens with zero attached hydrogens (tertiary/aromatic N) is 1. The van der Waals surface area contributed by atoms with Crippen LogP contribution < -0.4 is 26.2 Å². The van der Waals surface area contributed by atoms with Gasteiger partial charge < -0.3 is 20.1 Å². The Morgan fingerprint density at radius 3 is 2.87 bits per heavy atom. The van der Waals surface area contributed by atoms with Crippen molar-refractivity contribution >= 4 is 11.5 Å². The van der Waals surface area contributed by atoms with E-state index in [9.17, 15) is 9.59 Å². The van der Waals surface area contributed by atoms with Gasteiger partial charge >= 0.3 is 5.69 Å². The fraction of sp³-hybridized carbons (Fsp3) is 0.333. The van der Waals surface area contributed by atoms with E-state index in [1.807, 2.05) is 31.2 Å². The van der Waals surface area contributed by atoms with Crippen LogP contribution in [0.1, 0.15) is 12.0 Å². The standard InChI is InChI=1S/C15H18N4O4/c1-9-4-2-5-10(8-9)23-15-16-11-12(19(15)6-3-7-20)17-14(22)18-13(11)21/h2,4-5,8,15-16,20H,3,6-7H2,1H3,(H2,17,18,21,22). The number of aliphatic hydroxyl groups excluding tert-OH is 1. The molecule has 3 rings (SSSR count). The Morgan fingerprint density at radius 2 is 2.13 bits per heavy atom. The Labute approximate surface area is 131 Å². The number of fused-ring (bicyclic) bond motifs is 1. The van der Waals surface area contributed by atoms with Gasteiger partial charge in [0.2, 0.25) is 0 Å². The summed E-state index contributed by atoms with van der Waals surface area (Å²) >= 11 is 0. The summed E-state index contributed by atoms with van der Waals surface area (Å²) in [6.07, 6.45) is -0.165. The van der Waals surface area contributed by atoms with Gasteiger partial charge in [0.15, 0.2) is 0 Å². The molecule has 2 heterocycles. The van der Waals surface area contributed by atoms with Crippen molar-refractivity contribution in [1.82, 2.24) is 9.97 Å². The second-order valence-electron chi connectivity index (χ2n) is 5.33. The number of hydrogen-bond acceptors (Lipinski definition) is 6. The molecule has 0 spiro atoms. The molecule has 0 fully saturated rings. The maximum absolute atomic E-state index is 11.9. The van der Waals surface area contributed by atoms with Gasteiger partial charge in [0, 0.05) is 13.2 Å². The number of benzene rings is 1. The Bertz CT molecular complexity index is 814. The molecular formula is C15H18N4O4. The number of H-pyrrole nitrogens is 2. The number of aromatic amines is 2. The van der Waals surface area contributed by atoms with Crippen molar-refractivity contribution in [2.45, 2.75) is 19.7 Å². The lowest BCUT2D eigenvalue weighted by atomic mass is 10.2. The van der Waals surface area contributed by atoms with Crippen LogP contribution in [-0.4, -0.2) is 34.6 Å². The predicted octanol–water partition coefficient (Wildman–Crippen LogP) is 0.349. The zero-order valence-electron chi connectivity index (χ0n) is 12.6. The maximum atomic E-state index is 11.9. The molecule has 1 aliphatic heterocycles. The van der Waals surface area contributed by atoms with Crippen molar-refractivity contribution in [3.63, 3.8) is 0 Å². The molecular weight excluding hydrogens is 300 g/mol.